The summed E-state index contributed by atoms with van der Waals surface area (Å²) in [5.41, 5.74) is 0. The molecule has 0 atom stereocenters. The van der Waals surface area contributed by atoms with Gasteiger partial charge in [0.05, 0.1) is 11.1 Å². The van der Waals surface area contributed by atoms with Crippen molar-refractivity contribution in [3.05, 3.63) is 22.4 Å². The quantitative estimate of drug-likeness (QED) is 0.781. The summed E-state index contributed by atoms with van der Waals surface area (Å²) in [6.07, 6.45) is 2.98. The molecule has 1 fully saturated rings. The Kier molecular flexibility index (Phi) is 4.31. The first-order valence-corrected chi connectivity index (χ1v) is 7.86. The number of aromatic nitrogens is 1. The maximum Gasteiger partial charge on any atom is 0.244 e. The van der Waals surface area contributed by atoms with E-state index in [9.17, 15) is 8.42 Å². The van der Waals surface area contributed by atoms with Gasteiger partial charge in [-0.1, -0.05) is 23.2 Å². The van der Waals surface area contributed by atoms with E-state index in [2.05, 4.69) is 4.98 Å². The highest BCUT2D eigenvalue weighted by atomic mass is 35.5. The molecule has 0 aromatic carbocycles. The van der Waals surface area contributed by atoms with Crippen LogP contribution in [0.4, 0.5) is 0 Å². The Morgan fingerprint density at radius 2 is 2.16 bits per heavy atom. The fraction of sp³-hybridized carbons (Fsp3) is 0.455. The Hall–Kier alpha value is -0.870. The monoisotopic (exact) mass is 319 g/mol. The van der Waals surface area contributed by atoms with E-state index in [1.54, 1.807) is 0 Å². The third-order valence-corrected chi connectivity index (χ3v) is 5.38. The van der Waals surface area contributed by atoms with Crippen molar-refractivity contribution in [2.75, 3.05) is 6.54 Å². The van der Waals surface area contributed by atoms with Crippen LogP contribution < -0.4 is 0 Å². The van der Waals surface area contributed by atoms with Crippen molar-refractivity contribution in [1.82, 2.24) is 9.29 Å². The average molecular weight is 320 g/mol. The average Bonchev–Trinajstić information content (AvgIpc) is 3.17. The minimum Gasteiger partial charge on any atom is -0.242 e. The molecule has 0 radical (unpaired) electrons. The molecule has 0 bridgehead atoms. The van der Waals surface area contributed by atoms with Crippen LogP contribution in [-0.2, 0) is 10.0 Å². The van der Waals surface area contributed by atoms with E-state index in [1.807, 2.05) is 6.07 Å². The van der Waals surface area contributed by atoms with Gasteiger partial charge in [0.2, 0.25) is 10.0 Å². The molecule has 0 aliphatic heterocycles. The summed E-state index contributed by atoms with van der Waals surface area (Å²) >= 11 is 11.5. The molecule has 8 heteroatoms. The van der Waals surface area contributed by atoms with Crippen LogP contribution in [0.2, 0.25) is 10.2 Å². The molecule has 5 nitrogen and oxygen atoms in total. The lowest BCUT2D eigenvalue weighted by molar-refractivity contribution is 0.410. The lowest BCUT2D eigenvalue weighted by Gasteiger charge is -2.20. The van der Waals surface area contributed by atoms with Gasteiger partial charge < -0.3 is 0 Å². The Balaban J connectivity index is 2.33. The normalized spacial score (nSPS) is 15.5. The number of sulfonamides is 1. The first kappa shape index (κ1) is 14.5. The first-order chi connectivity index (χ1) is 8.96. The van der Waals surface area contributed by atoms with Gasteiger partial charge in [-0.15, -0.1) is 0 Å². The van der Waals surface area contributed by atoms with E-state index in [0.29, 0.717) is 0 Å². The molecule has 1 heterocycles. The Bertz CT molecular complexity index is 623. The Morgan fingerprint density at radius 1 is 1.47 bits per heavy atom. The molecule has 1 saturated carbocycles. The molecule has 1 aliphatic carbocycles. The highest BCUT2D eigenvalue weighted by molar-refractivity contribution is 7.89. The van der Waals surface area contributed by atoms with E-state index < -0.39 is 10.0 Å². The molecule has 1 aliphatic rings. The number of rotatable bonds is 5. The van der Waals surface area contributed by atoms with Crippen LogP contribution in [0.25, 0.3) is 0 Å². The molecule has 1 aromatic rings. The predicted molar refractivity (Wildman–Crippen MR) is 71.4 cm³/mol. The van der Waals surface area contributed by atoms with Gasteiger partial charge in [-0.05, 0) is 18.9 Å². The molecule has 0 unspecified atom stereocenters. The van der Waals surface area contributed by atoms with Gasteiger partial charge in [-0.25, -0.2) is 13.4 Å². The molecular formula is C11H11Cl2N3O2S. The fourth-order valence-corrected chi connectivity index (χ4v) is 3.69. The van der Waals surface area contributed by atoms with Gasteiger partial charge in [0.25, 0.3) is 0 Å². The number of nitriles is 1. The largest absolute Gasteiger partial charge is 0.244 e. The SMILES string of the molecule is N#CCCN(C1CC1)S(=O)(=O)c1cnc(Cl)c(Cl)c1. The molecule has 0 amide bonds. The maximum atomic E-state index is 12.5. The minimum absolute atomic E-state index is 0.00624. The highest BCUT2D eigenvalue weighted by Gasteiger charge is 2.38. The molecule has 19 heavy (non-hydrogen) atoms. The van der Waals surface area contributed by atoms with Crippen molar-refractivity contribution in [3.63, 3.8) is 0 Å². The van der Waals surface area contributed by atoms with Gasteiger partial charge in [0, 0.05) is 25.2 Å². The van der Waals surface area contributed by atoms with Gasteiger partial charge in [-0.2, -0.15) is 9.57 Å². The smallest absolute Gasteiger partial charge is 0.242 e. The molecule has 102 valence electrons. The van der Waals surface area contributed by atoms with Crippen LogP contribution in [0.15, 0.2) is 17.2 Å². The zero-order chi connectivity index (χ0) is 14.0. The zero-order valence-electron chi connectivity index (χ0n) is 9.88. The van der Waals surface area contributed by atoms with Crippen LogP contribution in [0.5, 0.6) is 0 Å². The molecule has 0 spiro atoms. The van der Waals surface area contributed by atoms with E-state index in [4.69, 9.17) is 28.5 Å². The van der Waals surface area contributed by atoms with Crippen molar-refractivity contribution in [2.45, 2.75) is 30.2 Å². The summed E-state index contributed by atoms with van der Waals surface area (Å²) in [7, 11) is -3.67. The second kappa shape index (κ2) is 5.63. The van der Waals surface area contributed by atoms with Crippen molar-refractivity contribution in [1.29, 1.82) is 5.26 Å². The summed E-state index contributed by atoms with van der Waals surface area (Å²) < 4.78 is 26.3. The summed E-state index contributed by atoms with van der Waals surface area (Å²) in [6, 6.07) is 3.22. The fourth-order valence-electron chi connectivity index (χ4n) is 1.70. The minimum atomic E-state index is -3.67. The highest BCUT2D eigenvalue weighted by Crippen LogP contribution is 2.33. The van der Waals surface area contributed by atoms with Crippen molar-refractivity contribution in [3.8, 4) is 6.07 Å². The summed E-state index contributed by atoms with van der Waals surface area (Å²) in [5.74, 6) is 0. The van der Waals surface area contributed by atoms with Crippen molar-refractivity contribution >= 4 is 33.2 Å². The molecule has 1 aromatic heterocycles. The lowest BCUT2D eigenvalue weighted by atomic mass is 10.4. The van der Waals surface area contributed by atoms with E-state index in [0.717, 1.165) is 12.8 Å². The topological polar surface area (TPSA) is 74.1 Å². The van der Waals surface area contributed by atoms with Gasteiger partial charge >= 0.3 is 0 Å². The van der Waals surface area contributed by atoms with Gasteiger partial charge in [0.1, 0.15) is 10.0 Å². The Labute approximate surface area is 121 Å². The zero-order valence-corrected chi connectivity index (χ0v) is 12.2. The molecule has 0 saturated heterocycles. The number of halogens is 2. The van der Waals surface area contributed by atoms with Gasteiger partial charge in [0.15, 0.2) is 0 Å². The van der Waals surface area contributed by atoms with Crippen molar-refractivity contribution < 1.29 is 8.42 Å². The second-order valence-corrected chi connectivity index (χ2v) is 6.85. The molecular weight excluding hydrogens is 309 g/mol. The predicted octanol–water partition coefficient (Wildman–Crippen LogP) is 2.46. The van der Waals surface area contributed by atoms with E-state index in [1.165, 1.54) is 16.6 Å². The summed E-state index contributed by atoms with van der Waals surface area (Å²) in [5, 5.41) is 8.77. The summed E-state index contributed by atoms with van der Waals surface area (Å²) in [4.78, 5) is 3.76. The second-order valence-electron chi connectivity index (χ2n) is 4.20. The third-order valence-electron chi connectivity index (χ3n) is 2.78. The molecule has 2 rings (SSSR count). The van der Waals surface area contributed by atoms with Crippen molar-refractivity contribution in [2.24, 2.45) is 0 Å². The van der Waals surface area contributed by atoms with E-state index >= 15 is 0 Å². The van der Waals surface area contributed by atoms with Crippen LogP contribution in [0.3, 0.4) is 0 Å². The first-order valence-electron chi connectivity index (χ1n) is 5.66. The summed E-state index contributed by atoms with van der Waals surface area (Å²) in [6.45, 7) is 0.184. The van der Waals surface area contributed by atoms with E-state index in [-0.39, 0.29) is 34.1 Å². The number of nitrogens with zero attached hydrogens (tertiary/aromatic N) is 3. The third kappa shape index (κ3) is 3.18. The van der Waals surface area contributed by atoms with Gasteiger partial charge in [-0.3, -0.25) is 0 Å². The Morgan fingerprint density at radius 3 is 2.68 bits per heavy atom. The standard InChI is InChI=1S/C11H11Cl2N3O2S/c12-10-6-9(7-15-11(10)13)19(17,18)16(5-1-4-14)8-2-3-8/h6-8H,1-3,5H2. The molecule has 0 N–H and O–H groups in total. The van der Waals surface area contributed by atoms with Crippen LogP contribution in [0.1, 0.15) is 19.3 Å². The lowest BCUT2D eigenvalue weighted by Crippen LogP contribution is -2.34. The van der Waals surface area contributed by atoms with Crippen LogP contribution >= 0.6 is 23.2 Å². The number of hydrogen-bond acceptors (Lipinski definition) is 4. The number of pyridine rings is 1. The maximum absolute atomic E-state index is 12.5. The number of hydrogen-bond donors (Lipinski definition) is 0. The van der Waals surface area contributed by atoms with Crippen LogP contribution in [-0.4, -0.2) is 30.3 Å². The van der Waals surface area contributed by atoms with Crippen LogP contribution in [0, 0.1) is 11.3 Å².